The van der Waals surface area contributed by atoms with Crippen molar-refractivity contribution >= 4 is 29.1 Å². The van der Waals surface area contributed by atoms with E-state index in [1.54, 1.807) is 37.2 Å². The van der Waals surface area contributed by atoms with E-state index in [9.17, 15) is 14.7 Å². The molecule has 0 aliphatic carbocycles. The zero-order valence-corrected chi connectivity index (χ0v) is 24.4. The molecular weight excluding hydrogens is 548 g/mol. The number of piperidine rings is 1. The Morgan fingerprint density at radius 2 is 1.93 bits per heavy atom. The van der Waals surface area contributed by atoms with Crippen LogP contribution >= 0.6 is 11.6 Å². The van der Waals surface area contributed by atoms with Crippen LogP contribution in [0.3, 0.4) is 0 Å². The van der Waals surface area contributed by atoms with E-state index >= 15 is 8.78 Å². The van der Waals surface area contributed by atoms with Crippen molar-refractivity contribution in [2.24, 2.45) is 5.92 Å². The maximum atomic E-state index is 15.4. The molecule has 41 heavy (non-hydrogen) atoms. The van der Waals surface area contributed by atoms with Gasteiger partial charge < -0.3 is 20.6 Å². The highest BCUT2D eigenvalue weighted by atomic mass is 35.5. The Balaban J connectivity index is 1.55. The molecule has 0 aromatic heterocycles. The summed E-state index contributed by atoms with van der Waals surface area (Å²) in [7, 11) is 1.55. The number of carbonyl (C=O) groups is 2. The van der Waals surface area contributed by atoms with Crippen LogP contribution in [0.4, 0.5) is 14.5 Å². The van der Waals surface area contributed by atoms with Gasteiger partial charge in [0.2, 0.25) is 5.60 Å². The van der Waals surface area contributed by atoms with Crippen LogP contribution in [0.5, 0.6) is 0 Å². The number of anilines is 1. The number of aliphatic hydroxyl groups is 1. The van der Waals surface area contributed by atoms with E-state index in [2.05, 4.69) is 23.1 Å². The number of allylic oxidation sites excluding steroid dienone is 1. The Kier molecular flexibility index (Phi) is 11.3. The number of nitrogens with one attached hydrogen (secondary N) is 2. The molecule has 0 saturated carbocycles. The van der Waals surface area contributed by atoms with Gasteiger partial charge in [0.1, 0.15) is 0 Å². The second-order valence-electron chi connectivity index (χ2n) is 10.2. The average molecular weight is 586 g/mol. The first kappa shape index (κ1) is 32.1. The molecule has 1 saturated heterocycles. The molecule has 9 heteroatoms. The molecule has 0 unspecified atom stereocenters. The van der Waals surface area contributed by atoms with E-state index in [1.807, 2.05) is 13.0 Å². The first-order valence-electron chi connectivity index (χ1n) is 14.0. The maximum Gasteiger partial charge on any atom is 0.349 e. The number of carbonyl (C=O) groups excluding carboxylic acids is 2. The zero-order chi connectivity index (χ0) is 30.0. The number of amides is 2. The van der Waals surface area contributed by atoms with Crippen LogP contribution < -0.4 is 10.6 Å². The molecule has 6 nitrogen and oxygen atoms in total. The van der Waals surface area contributed by atoms with E-state index in [-0.39, 0.29) is 11.5 Å². The van der Waals surface area contributed by atoms with Crippen molar-refractivity contribution in [1.29, 1.82) is 0 Å². The molecule has 1 fully saturated rings. The van der Waals surface area contributed by atoms with Gasteiger partial charge in [-0.3, -0.25) is 9.59 Å². The molecule has 3 rings (SSSR count). The Morgan fingerprint density at radius 1 is 1.20 bits per heavy atom. The van der Waals surface area contributed by atoms with Crippen molar-refractivity contribution in [2.75, 3.05) is 32.0 Å². The van der Waals surface area contributed by atoms with Gasteiger partial charge in [0, 0.05) is 37.9 Å². The lowest BCUT2D eigenvalue weighted by Gasteiger charge is -2.39. The van der Waals surface area contributed by atoms with Crippen molar-refractivity contribution in [3.8, 4) is 11.8 Å². The summed E-state index contributed by atoms with van der Waals surface area (Å²) >= 11 is 6.21. The van der Waals surface area contributed by atoms with Gasteiger partial charge in [-0.25, -0.2) is 0 Å². The number of halogens is 3. The molecule has 1 aliphatic rings. The number of hydrogen-bond acceptors (Lipinski definition) is 4. The predicted octanol–water partition coefficient (Wildman–Crippen LogP) is 5.80. The fraction of sp³-hybridized carbons (Fsp3) is 0.438. The van der Waals surface area contributed by atoms with Gasteiger partial charge in [0.05, 0.1) is 10.6 Å². The van der Waals surface area contributed by atoms with Crippen LogP contribution in [0.1, 0.15) is 60.5 Å². The molecule has 220 valence electrons. The number of unbranched alkanes of at least 4 members (excludes halogenated alkanes) is 1. The van der Waals surface area contributed by atoms with E-state index in [0.717, 1.165) is 43.1 Å². The average Bonchev–Trinajstić information content (AvgIpc) is 2.99. The SMILES string of the molecule is C=CC#CC(F)(F)[C@@](O)(C(=O)N1CCC(CCCCNc2ccc(C(=O)NC)c(Cl)c2)CC1)c1cccc(CC)c1. The summed E-state index contributed by atoms with van der Waals surface area (Å²) < 4.78 is 30.7. The van der Waals surface area contributed by atoms with Crippen LogP contribution in [-0.2, 0) is 16.8 Å². The third-order valence-corrected chi connectivity index (χ3v) is 7.87. The third kappa shape index (κ3) is 7.66. The van der Waals surface area contributed by atoms with E-state index in [1.165, 1.54) is 17.0 Å². The topological polar surface area (TPSA) is 81.7 Å². The summed E-state index contributed by atoms with van der Waals surface area (Å²) in [5.74, 6) is -1.05. The van der Waals surface area contributed by atoms with Crippen molar-refractivity contribution in [3.63, 3.8) is 0 Å². The van der Waals surface area contributed by atoms with Crippen LogP contribution in [0.25, 0.3) is 0 Å². The number of likely N-dealkylation sites (tertiary alicyclic amines) is 1. The molecule has 0 radical (unpaired) electrons. The summed E-state index contributed by atoms with van der Waals surface area (Å²) in [5, 5.41) is 17.6. The van der Waals surface area contributed by atoms with Gasteiger partial charge in [0.25, 0.3) is 11.8 Å². The quantitative estimate of drug-likeness (QED) is 0.230. The summed E-state index contributed by atoms with van der Waals surface area (Å²) in [6, 6.07) is 11.4. The van der Waals surface area contributed by atoms with Gasteiger partial charge in [-0.15, -0.1) is 0 Å². The molecular formula is C32H38ClF2N3O3. The number of benzene rings is 2. The first-order valence-corrected chi connectivity index (χ1v) is 14.3. The summed E-state index contributed by atoms with van der Waals surface area (Å²) in [4.78, 5) is 26.7. The second-order valence-corrected chi connectivity index (χ2v) is 10.7. The van der Waals surface area contributed by atoms with Crippen LogP contribution in [0.2, 0.25) is 5.02 Å². The fourth-order valence-electron chi connectivity index (χ4n) is 5.08. The Labute approximate surface area is 246 Å². The van der Waals surface area contributed by atoms with Gasteiger partial charge in [-0.05, 0) is 67.4 Å². The number of rotatable bonds is 11. The monoisotopic (exact) mass is 585 g/mol. The lowest BCUT2D eigenvalue weighted by molar-refractivity contribution is -0.188. The van der Waals surface area contributed by atoms with Crippen LogP contribution in [0, 0.1) is 17.8 Å². The van der Waals surface area contributed by atoms with Crippen molar-refractivity contribution < 1.29 is 23.5 Å². The lowest BCUT2D eigenvalue weighted by Crippen LogP contribution is -2.58. The minimum absolute atomic E-state index is 0.163. The fourth-order valence-corrected chi connectivity index (χ4v) is 5.34. The highest BCUT2D eigenvalue weighted by Crippen LogP contribution is 2.40. The summed E-state index contributed by atoms with van der Waals surface area (Å²) in [6.07, 6.45) is 5.74. The Bertz CT molecular complexity index is 1300. The normalized spacial score (nSPS) is 15.3. The van der Waals surface area contributed by atoms with Crippen molar-refractivity contribution in [2.45, 2.75) is 57.0 Å². The minimum atomic E-state index is -4.01. The summed E-state index contributed by atoms with van der Waals surface area (Å²) in [6.45, 7) is 6.54. The largest absolute Gasteiger partial charge is 0.385 e. The number of nitrogens with zero attached hydrogens (tertiary/aromatic N) is 1. The third-order valence-electron chi connectivity index (χ3n) is 7.56. The molecule has 0 bridgehead atoms. The van der Waals surface area contributed by atoms with Crippen LogP contribution in [-0.4, -0.2) is 54.4 Å². The number of aryl methyl sites for hydroxylation is 1. The Morgan fingerprint density at radius 3 is 2.56 bits per heavy atom. The van der Waals surface area contributed by atoms with E-state index in [4.69, 9.17) is 11.6 Å². The molecule has 1 aliphatic heterocycles. The molecule has 3 N–H and O–H groups in total. The standard InChI is InChI=1S/C32H38ClF2N3O3/c1-4-6-17-31(34,35)32(41,25-12-9-11-23(5-2)21-25)30(40)38-19-15-24(16-20-38)10-7-8-18-37-26-13-14-27(28(33)22-26)29(39)36-3/h4,9,11-14,21-22,24,37,41H,1,5,7-8,10,15-16,18-20H2,2-3H3,(H,36,39)/t32-/m0/s1. The Hall–Kier alpha value is -3.41. The van der Waals surface area contributed by atoms with Crippen molar-refractivity contribution in [3.05, 3.63) is 76.8 Å². The van der Waals surface area contributed by atoms with Gasteiger partial charge in [0.15, 0.2) is 0 Å². The highest BCUT2D eigenvalue weighted by Gasteiger charge is 2.60. The van der Waals surface area contributed by atoms with Crippen LogP contribution in [0.15, 0.2) is 55.1 Å². The zero-order valence-electron chi connectivity index (χ0n) is 23.6. The molecule has 1 atom stereocenters. The smallest absolute Gasteiger partial charge is 0.349 e. The van der Waals surface area contributed by atoms with Gasteiger partial charge in [-0.2, -0.15) is 8.78 Å². The minimum Gasteiger partial charge on any atom is -0.385 e. The van der Waals surface area contributed by atoms with Gasteiger partial charge >= 0.3 is 5.92 Å². The second kappa shape index (κ2) is 14.5. The number of alkyl halides is 2. The number of hydrogen-bond donors (Lipinski definition) is 3. The summed E-state index contributed by atoms with van der Waals surface area (Å²) in [5.41, 5.74) is -1.27. The van der Waals surface area contributed by atoms with Crippen molar-refractivity contribution in [1.82, 2.24) is 10.2 Å². The molecule has 2 amide bonds. The van der Waals surface area contributed by atoms with E-state index < -0.39 is 17.4 Å². The molecule has 1 heterocycles. The molecule has 2 aromatic carbocycles. The first-order chi connectivity index (χ1) is 19.6. The van der Waals surface area contributed by atoms with Gasteiger partial charge in [-0.1, -0.05) is 68.1 Å². The molecule has 0 spiro atoms. The van der Waals surface area contributed by atoms with E-state index in [0.29, 0.717) is 48.9 Å². The lowest BCUT2D eigenvalue weighted by atomic mass is 9.83. The molecule has 2 aromatic rings. The maximum absolute atomic E-state index is 15.4. The highest BCUT2D eigenvalue weighted by molar-refractivity contribution is 6.34. The predicted molar refractivity (Wildman–Crippen MR) is 159 cm³/mol.